The molecular weight excluding hydrogens is 256 g/mol. The van der Waals surface area contributed by atoms with Crippen LogP contribution in [-0.4, -0.2) is 40.6 Å². The van der Waals surface area contributed by atoms with Crippen LogP contribution in [0.25, 0.3) is 0 Å². The van der Waals surface area contributed by atoms with Gasteiger partial charge >= 0.3 is 12.0 Å². The fraction of sp³-hybridized carbons (Fsp3) is 0.867. The van der Waals surface area contributed by atoms with Gasteiger partial charge in [-0.25, -0.2) is 9.59 Å². The van der Waals surface area contributed by atoms with Crippen LogP contribution < -0.4 is 5.32 Å². The van der Waals surface area contributed by atoms with Crippen molar-refractivity contribution in [2.24, 2.45) is 5.92 Å². The number of hydrogen-bond donors (Lipinski definition) is 2. The summed E-state index contributed by atoms with van der Waals surface area (Å²) in [6, 6.07) is -0.604. The van der Waals surface area contributed by atoms with Gasteiger partial charge in [0, 0.05) is 12.6 Å². The lowest BCUT2D eigenvalue weighted by atomic mass is 9.83. The summed E-state index contributed by atoms with van der Waals surface area (Å²) in [5.74, 6) is -0.337. The first-order chi connectivity index (χ1) is 9.63. The molecule has 0 aromatic rings. The van der Waals surface area contributed by atoms with Gasteiger partial charge in [-0.3, -0.25) is 0 Å². The van der Waals surface area contributed by atoms with Gasteiger partial charge < -0.3 is 15.3 Å². The highest BCUT2D eigenvalue weighted by Crippen LogP contribution is 2.27. The first kappa shape index (κ1) is 15.1. The van der Waals surface area contributed by atoms with Gasteiger partial charge in [-0.1, -0.05) is 26.2 Å². The lowest BCUT2D eigenvalue weighted by molar-refractivity contribution is -0.143. The van der Waals surface area contributed by atoms with E-state index in [1.54, 1.807) is 0 Å². The molecular formula is C15H26N2O3. The van der Waals surface area contributed by atoms with Gasteiger partial charge in [0.05, 0.1) is 0 Å². The Hall–Kier alpha value is -1.26. The van der Waals surface area contributed by atoms with Crippen molar-refractivity contribution >= 4 is 12.0 Å². The SMILES string of the molecule is CCC1CCCCC1NC(=O)N1CCCCC1C(=O)O. The summed E-state index contributed by atoms with van der Waals surface area (Å²) in [5, 5.41) is 12.3. The van der Waals surface area contributed by atoms with Crippen LogP contribution in [0.2, 0.25) is 0 Å². The van der Waals surface area contributed by atoms with Crippen molar-refractivity contribution in [1.82, 2.24) is 10.2 Å². The number of aliphatic carboxylic acids is 1. The van der Waals surface area contributed by atoms with Crippen LogP contribution in [0.1, 0.15) is 58.3 Å². The van der Waals surface area contributed by atoms with E-state index in [0.29, 0.717) is 18.9 Å². The average molecular weight is 282 g/mol. The molecule has 2 aliphatic rings. The smallest absolute Gasteiger partial charge is 0.326 e. The van der Waals surface area contributed by atoms with Crippen molar-refractivity contribution in [3.05, 3.63) is 0 Å². The van der Waals surface area contributed by atoms with E-state index >= 15 is 0 Å². The number of carboxylic acids is 1. The minimum absolute atomic E-state index is 0.178. The number of carboxylic acid groups (broad SMARTS) is 1. The van der Waals surface area contributed by atoms with Crippen LogP contribution in [0.5, 0.6) is 0 Å². The van der Waals surface area contributed by atoms with E-state index < -0.39 is 12.0 Å². The number of urea groups is 1. The van der Waals surface area contributed by atoms with Crippen LogP contribution in [-0.2, 0) is 4.79 Å². The second-order valence-electron chi connectivity index (χ2n) is 6.05. The zero-order valence-corrected chi connectivity index (χ0v) is 12.3. The maximum atomic E-state index is 12.4. The molecule has 5 heteroatoms. The number of carbonyl (C=O) groups excluding carboxylic acids is 1. The summed E-state index contributed by atoms with van der Waals surface area (Å²) < 4.78 is 0. The van der Waals surface area contributed by atoms with Crippen LogP contribution in [0.3, 0.4) is 0 Å². The second-order valence-corrected chi connectivity index (χ2v) is 6.05. The summed E-state index contributed by atoms with van der Waals surface area (Å²) in [4.78, 5) is 25.2. The molecule has 0 aromatic heterocycles. The third kappa shape index (κ3) is 3.44. The number of rotatable bonds is 3. The van der Waals surface area contributed by atoms with Crippen molar-refractivity contribution in [2.45, 2.75) is 70.4 Å². The first-order valence-electron chi connectivity index (χ1n) is 7.93. The van der Waals surface area contributed by atoms with Gasteiger partial charge in [-0.2, -0.15) is 0 Å². The summed E-state index contributed by atoms with van der Waals surface area (Å²) >= 11 is 0. The number of nitrogens with zero attached hydrogens (tertiary/aromatic N) is 1. The van der Waals surface area contributed by atoms with E-state index in [-0.39, 0.29) is 12.1 Å². The molecule has 3 atom stereocenters. The van der Waals surface area contributed by atoms with E-state index in [9.17, 15) is 14.7 Å². The van der Waals surface area contributed by atoms with Crippen molar-refractivity contribution in [3.8, 4) is 0 Å². The minimum atomic E-state index is -0.879. The summed E-state index contributed by atoms with van der Waals surface area (Å²) in [7, 11) is 0. The summed E-state index contributed by atoms with van der Waals surface area (Å²) in [6.07, 6.45) is 8.04. The predicted octanol–water partition coefficient (Wildman–Crippen LogP) is 2.60. The van der Waals surface area contributed by atoms with Gasteiger partial charge in [0.1, 0.15) is 6.04 Å². The van der Waals surface area contributed by atoms with Crippen LogP contribution >= 0.6 is 0 Å². The van der Waals surface area contributed by atoms with Crippen molar-refractivity contribution in [1.29, 1.82) is 0 Å². The molecule has 1 saturated carbocycles. The highest BCUT2D eigenvalue weighted by atomic mass is 16.4. The Morgan fingerprint density at radius 3 is 2.55 bits per heavy atom. The van der Waals surface area contributed by atoms with Crippen LogP contribution in [0.4, 0.5) is 4.79 Å². The van der Waals surface area contributed by atoms with Gasteiger partial charge in [0.2, 0.25) is 0 Å². The number of piperidine rings is 1. The van der Waals surface area contributed by atoms with Gasteiger partial charge in [-0.05, 0) is 38.0 Å². The Balaban J connectivity index is 1.96. The fourth-order valence-electron chi connectivity index (χ4n) is 3.56. The molecule has 1 heterocycles. The third-order valence-corrected chi connectivity index (χ3v) is 4.79. The molecule has 2 rings (SSSR count). The maximum Gasteiger partial charge on any atom is 0.326 e. The molecule has 0 bridgehead atoms. The quantitative estimate of drug-likeness (QED) is 0.836. The Morgan fingerprint density at radius 1 is 1.15 bits per heavy atom. The molecule has 0 spiro atoms. The number of amides is 2. The highest BCUT2D eigenvalue weighted by Gasteiger charge is 2.34. The fourth-order valence-corrected chi connectivity index (χ4v) is 3.56. The van der Waals surface area contributed by atoms with E-state index in [2.05, 4.69) is 12.2 Å². The zero-order valence-electron chi connectivity index (χ0n) is 12.3. The standard InChI is InChI=1S/C15H26N2O3/c1-2-11-7-3-4-8-12(11)16-15(20)17-10-6-5-9-13(17)14(18)19/h11-13H,2-10H2,1H3,(H,16,20)(H,18,19). The molecule has 0 radical (unpaired) electrons. The molecule has 2 N–H and O–H groups in total. The van der Waals surface area contributed by atoms with Crippen molar-refractivity contribution in [2.75, 3.05) is 6.54 Å². The molecule has 2 fully saturated rings. The van der Waals surface area contributed by atoms with Crippen molar-refractivity contribution in [3.63, 3.8) is 0 Å². The number of hydrogen-bond acceptors (Lipinski definition) is 2. The van der Waals surface area contributed by atoms with Gasteiger partial charge in [-0.15, -0.1) is 0 Å². The molecule has 1 aliphatic heterocycles. The van der Waals surface area contributed by atoms with E-state index in [1.165, 1.54) is 17.7 Å². The number of carbonyl (C=O) groups is 2. The molecule has 1 aliphatic carbocycles. The summed E-state index contributed by atoms with van der Waals surface area (Å²) in [5.41, 5.74) is 0. The lowest BCUT2D eigenvalue weighted by Crippen LogP contribution is -2.55. The van der Waals surface area contributed by atoms with E-state index in [0.717, 1.165) is 32.1 Å². The Bertz CT molecular complexity index is 359. The van der Waals surface area contributed by atoms with E-state index in [4.69, 9.17) is 0 Å². The molecule has 2 amide bonds. The summed E-state index contributed by atoms with van der Waals surface area (Å²) in [6.45, 7) is 2.72. The molecule has 0 aromatic carbocycles. The largest absolute Gasteiger partial charge is 0.480 e. The lowest BCUT2D eigenvalue weighted by Gasteiger charge is -2.37. The normalized spacial score (nSPS) is 30.9. The molecule has 114 valence electrons. The predicted molar refractivity (Wildman–Crippen MR) is 76.5 cm³/mol. The van der Waals surface area contributed by atoms with Gasteiger partial charge in [0.25, 0.3) is 0 Å². The Labute approximate surface area is 120 Å². The molecule has 20 heavy (non-hydrogen) atoms. The van der Waals surface area contributed by atoms with Gasteiger partial charge in [0.15, 0.2) is 0 Å². The second kappa shape index (κ2) is 6.95. The molecule has 3 unspecified atom stereocenters. The number of nitrogens with one attached hydrogen (secondary N) is 1. The third-order valence-electron chi connectivity index (χ3n) is 4.79. The van der Waals surface area contributed by atoms with Crippen LogP contribution in [0, 0.1) is 5.92 Å². The molecule has 1 saturated heterocycles. The van der Waals surface area contributed by atoms with E-state index in [1.807, 2.05) is 0 Å². The number of likely N-dealkylation sites (tertiary alicyclic amines) is 1. The monoisotopic (exact) mass is 282 g/mol. The Kier molecular flexibility index (Phi) is 5.26. The minimum Gasteiger partial charge on any atom is -0.480 e. The Morgan fingerprint density at radius 2 is 1.85 bits per heavy atom. The van der Waals surface area contributed by atoms with Crippen molar-refractivity contribution < 1.29 is 14.7 Å². The topological polar surface area (TPSA) is 69.6 Å². The van der Waals surface area contributed by atoms with Crippen LogP contribution in [0.15, 0.2) is 0 Å². The average Bonchev–Trinajstić information content (AvgIpc) is 2.47. The molecule has 5 nitrogen and oxygen atoms in total. The maximum absolute atomic E-state index is 12.4. The first-order valence-corrected chi connectivity index (χ1v) is 7.93. The highest BCUT2D eigenvalue weighted by molar-refractivity contribution is 5.83. The zero-order chi connectivity index (χ0) is 14.5.